The van der Waals surface area contributed by atoms with E-state index in [4.69, 9.17) is 15.0 Å². The molecule has 0 atom stereocenters. The van der Waals surface area contributed by atoms with Crippen molar-refractivity contribution < 1.29 is 0 Å². The largest absolute Gasteiger partial charge is 0.309 e. The van der Waals surface area contributed by atoms with Gasteiger partial charge in [-0.25, -0.2) is 15.0 Å². The predicted molar refractivity (Wildman–Crippen MR) is 201 cm³/mol. The highest BCUT2D eigenvalue weighted by Crippen LogP contribution is 2.39. The molecule has 0 spiro atoms. The molecule has 7 aromatic carbocycles. The van der Waals surface area contributed by atoms with Gasteiger partial charge in [0.25, 0.3) is 0 Å². The van der Waals surface area contributed by atoms with E-state index >= 15 is 0 Å². The second-order valence-electron chi connectivity index (χ2n) is 12.1. The molecule has 9 rings (SSSR count). The Labute approximate surface area is 284 Å². The van der Waals surface area contributed by atoms with Crippen molar-refractivity contribution in [3.8, 4) is 62.1 Å². The number of para-hydroxylation sites is 2. The Morgan fingerprint density at radius 2 is 0.735 bits per heavy atom. The lowest BCUT2D eigenvalue weighted by molar-refractivity contribution is 1.07. The van der Waals surface area contributed by atoms with Gasteiger partial charge in [-0.05, 0) is 46.5 Å². The van der Waals surface area contributed by atoms with E-state index in [-0.39, 0.29) is 0 Å². The lowest BCUT2D eigenvalue weighted by Gasteiger charge is -2.10. The number of hydrogen-bond donors (Lipinski definition) is 0. The topological polar surface area (TPSA) is 43.6 Å². The van der Waals surface area contributed by atoms with Crippen molar-refractivity contribution in [3.05, 3.63) is 182 Å². The fourth-order valence-electron chi connectivity index (χ4n) is 6.71. The van der Waals surface area contributed by atoms with Gasteiger partial charge >= 0.3 is 0 Å². The number of hydrogen-bond acceptors (Lipinski definition) is 3. The summed E-state index contributed by atoms with van der Waals surface area (Å²) in [7, 11) is 0. The molecule has 0 aliphatic heterocycles. The highest BCUT2D eigenvalue weighted by Gasteiger charge is 2.17. The summed E-state index contributed by atoms with van der Waals surface area (Å²) in [6.07, 6.45) is 0. The number of benzene rings is 7. The molecule has 0 unspecified atom stereocenters. The minimum atomic E-state index is 0.640. The van der Waals surface area contributed by atoms with Gasteiger partial charge in [-0.1, -0.05) is 158 Å². The standard InChI is InChI=1S/C45H30N4/c1-4-13-31(14-5-1)32-23-27-35(28-24-32)44-46-43(34-15-6-2-7-16-34)47-45(48-44)36-29-25-33(26-30-36)38-20-12-22-41-42(38)39-19-10-11-21-40(39)49(41)37-17-8-3-9-18-37/h1-30H. The van der Waals surface area contributed by atoms with Crippen molar-refractivity contribution in [2.45, 2.75) is 0 Å². The van der Waals surface area contributed by atoms with Crippen molar-refractivity contribution in [2.75, 3.05) is 0 Å². The Morgan fingerprint density at radius 3 is 1.35 bits per heavy atom. The smallest absolute Gasteiger partial charge is 0.164 e. The molecule has 4 nitrogen and oxygen atoms in total. The summed E-state index contributed by atoms with van der Waals surface area (Å²) >= 11 is 0. The van der Waals surface area contributed by atoms with Crippen LogP contribution in [0.5, 0.6) is 0 Å². The molecule has 4 heteroatoms. The monoisotopic (exact) mass is 626 g/mol. The molecule has 0 radical (unpaired) electrons. The van der Waals surface area contributed by atoms with Crippen LogP contribution in [0.3, 0.4) is 0 Å². The van der Waals surface area contributed by atoms with Crippen molar-refractivity contribution in [2.24, 2.45) is 0 Å². The summed E-state index contributed by atoms with van der Waals surface area (Å²) in [5, 5.41) is 2.47. The lowest BCUT2D eigenvalue weighted by Crippen LogP contribution is -2.00. The molecule has 9 aromatic rings. The first-order chi connectivity index (χ1) is 24.3. The Balaban J connectivity index is 1.14. The first-order valence-electron chi connectivity index (χ1n) is 16.5. The van der Waals surface area contributed by atoms with Crippen molar-refractivity contribution in [1.29, 1.82) is 0 Å². The second-order valence-corrected chi connectivity index (χ2v) is 12.1. The molecule has 0 saturated carbocycles. The molecule has 230 valence electrons. The van der Waals surface area contributed by atoms with E-state index in [2.05, 4.69) is 150 Å². The van der Waals surface area contributed by atoms with E-state index in [0.29, 0.717) is 17.5 Å². The van der Waals surface area contributed by atoms with Gasteiger partial charge in [-0.15, -0.1) is 0 Å². The number of fused-ring (bicyclic) bond motifs is 3. The molecule has 0 aliphatic rings. The van der Waals surface area contributed by atoms with E-state index < -0.39 is 0 Å². The highest BCUT2D eigenvalue weighted by atomic mass is 15.0. The maximum Gasteiger partial charge on any atom is 0.164 e. The molecular formula is C45H30N4. The van der Waals surface area contributed by atoms with Crippen LogP contribution < -0.4 is 0 Å². The zero-order valence-corrected chi connectivity index (χ0v) is 26.6. The van der Waals surface area contributed by atoms with Crippen LogP contribution in [-0.4, -0.2) is 19.5 Å². The third-order valence-electron chi connectivity index (χ3n) is 9.08. The summed E-state index contributed by atoms with van der Waals surface area (Å²) in [4.78, 5) is 14.9. The average Bonchev–Trinajstić information content (AvgIpc) is 3.53. The maximum atomic E-state index is 5.01. The molecule has 0 N–H and O–H groups in total. The fraction of sp³-hybridized carbons (Fsp3) is 0. The second kappa shape index (κ2) is 12.2. The van der Waals surface area contributed by atoms with E-state index in [0.717, 1.165) is 33.5 Å². The van der Waals surface area contributed by atoms with Crippen molar-refractivity contribution >= 4 is 21.8 Å². The summed E-state index contributed by atoms with van der Waals surface area (Å²) in [5.74, 6) is 1.93. The van der Waals surface area contributed by atoms with Crippen LogP contribution in [-0.2, 0) is 0 Å². The third-order valence-corrected chi connectivity index (χ3v) is 9.08. The SMILES string of the molecule is c1ccc(-c2ccc(-c3nc(-c4ccccc4)nc(-c4ccc(-c5cccc6c5c5ccccc5n6-c5ccccc5)cc4)n3)cc2)cc1. The van der Waals surface area contributed by atoms with Crippen LogP contribution in [0.1, 0.15) is 0 Å². The molecule has 2 aromatic heterocycles. The number of nitrogens with zero attached hydrogens (tertiary/aromatic N) is 4. The Morgan fingerprint density at radius 1 is 0.306 bits per heavy atom. The molecule has 0 fully saturated rings. The van der Waals surface area contributed by atoms with Crippen molar-refractivity contribution in [1.82, 2.24) is 19.5 Å². The quantitative estimate of drug-likeness (QED) is 0.184. The minimum Gasteiger partial charge on any atom is -0.309 e. The van der Waals surface area contributed by atoms with Gasteiger partial charge in [0.2, 0.25) is 0 Å². The van der Waals surface area contributed by atoms with Gasteiger partial charge in [0.15, 0.2) is 17.5 Å². The van der Waals surface area contributed by atoms with Crippen LogP contribution >= 0.6 is 0 Å². The fourth-order valence-corrected chi connectivity index (χ4v) is 6.71. The first-order valence-corrected chi connectivity index (χ1v) is 16.5. The summed E-state index contributed by atoms with van der Waals surface area (Å²) in [6, 6.07) is 63.3. The molecule has 2 heterocycles. The molecular weight excluding hydrogens is 597 g/mol. The molecule has 0 aliphatic carbocycles. The molecule has 49 heavy (non-hydrogen) atoms. The molecule has 0 bridgehead atoms. The summed E-state index contributed by atoms with van der Waals surface area (Å²) in [5.41, 5.74) is 11.0. The first kappa shape index (κ1) is 28.6. The van der Waals surface area contributed by atoms with Gasteiger partial charge < -0.3 is 4.57 Å². The van der Waals surface area contributed by atoms with E-state index in [1.807, 2.05) is 36.4 Å². The normalized spacial score (nSPS) is 11.3. The Hall–Kier alpha value is -6.65. The van der Waals surface area contributed by atoms with Crippen LogP contribution in [0.25, 0.3) is 83.9 Å². The van der Waals surface area contributed by atoms with Gasteiger partial charge in [-0.3, -0.25) is 0 Å². The highest BCUT2D eigenvalue weighted by molar-refractivity contribution is 6.15. The van der Waals surface area contributed by atoms with Crippen LogP contribution in [0, 0.1) is 0 Å². The average molecular weight is 627 g/mol. The number of rotatable bonds is 6. The third kappa shape index (κ3) is 5.26. The minimum absolute atomic E-state index is 0.640. The summed E-state index contributed by atoms with van der Waals surface area (Å²) < 4.78 is 2.35. The Kier molecular flexibility index (Phi) is 7.10. The van der Waals surface area contributed by atoms with Gasteiger partial charge in [0.05, 0.1) is 11.0 Å². The van der Waals surface area contributed by atoms with Crippen LogP contribution in [0.15, 0.2) is 182 Å². The van der Waals surface area contributed by atoms with E-state index in [1.165, 1.54) is 32.9 Å². The van der Waals surface area contributed by atoms with Crippen LogP contribution in [0.4, 0.5) is 0 Å². The maximum absolute atomic E-state index is 5.01. The van der Waals surface area contributed by atoms with E-state index in [1.54, 1.807) is 0 Å². The molecule has 0 amide bonds. The zero-order valence-electron chi connectivity index (χ0n) is 26.6. The number of aromatic nitrogens is 4. The van der Waals surface area contributed by atoms with Crippen molar-refractivity contribution in [3.63, 3.8) is 0 Å². The predicted octanol–water partition coefficient (Wildman–Crippen LogP) is 11.3. The van der Waals surface area contributed by atoms with Crippen LogP contribution in [0.2, 0.25) is 0 Å². The van der Waals surface area contributed by atoms with Gasteiger partial charge in [0.1, 0.15) is 0 Å². The Bertz CT molecular complexity index is 2560. The van der Waals surface area contributed by atoms with Gasteiger partial charge in [-0.2, -0.15) is 0 Å². The summed E-state index contributed by atoms with van der Waals surface area (Å²) in [6.45, 7) is 0. The zero-order chi connectivity index (χ0) is 32.6. The molecule has 0 saturated heterocycles. The lowest BCUT2D eigenvalue weighted by atomic mass is 9.98. The van der Waals surface area contributed by atoms with E-state index in [9.17, 15) is 0 Å². The van der Waals surface area contributed by atoms with Gasteiger partial charge in [0, 0.05) is 33.2 Å².